The highest BCUT2D eigenvalue weighted by Crippen LogP contribution is 1.97. The molecule has 1 rings (SSSR count). The third kappa shape index (κ3) is 2.85. The minimum Gasteiger partial charge on any atom is -0.347 e. The van der Waals surface area contributed by atoms with Gasteiger partial charge >= 0.3 is 0 Å². The summed E-state index contributed by atoms with van der Waals surface area (Å²) in [5.74, 6) is 1.11. The second-order valence-electron chi connectivity index (χ2n) is 2.59. The van der Waals surface area contributed by atoms with E-state index in [1.54, 1.807) is 6.92 Å². The zero-order chi connectivity index (χ0) is 9.68. The number of aryl methyl sites for hydroxylation is 1. The first-order valence-electron chi connectivity index (χ1n) is 4.34. The van der Waals surface area contributed by atoms with Crippen LogP contribution >= 0.6 is 0 Å². The van der Waals surface area contributed by atoms with Crippen molar-refractivity contribution in [3.63, 3.8) is 0 Å². The summed E-state index contributed by atoms with van der Waals surface area (Å²) in [6.45, 7) is 4.06. The maximum atomic E-state index is 10.9. The van der Waals surface area contributed by atoms with E-state index >= 15 is 0 Å². The van der Waals surface area contributed by atoms with E-state index in [2.05, 4.69) is 15.5 Å². The van der Waals surface area contributed by atoms with E-state index in [0.29, 0.717) is 24.7 Å². The normalized spacial score (nSPS) is 10.0. The molecule has 1 aromatic heterocycles. The van der Waals surface area contributed by atoms with Crippen molar-refractivity contribution in [2.75, 3.05) is 0 Å². The molecule has 0 aliphatic carbocycles. The topological polar surface area (TPSA) is 68.0 Å². The lowest BCUT2D eigenvalue weighted by atomic mass is 10.4. The van der Waals surface area contributed by atoms with Gasteiger partial charge in [0.1, 0.15) is 0 Å². The maximum absolute atomic E-state index is 10.9. The summed E-state index contributed by atoms with van der Waals surface area (Å²) >= 11 is 0. The van der Waals surface area contributed by atoms with Crippen molar-refractivity contribution in [1.29, 1.82) is 0 Å². The molecule has 0 saturated carbocycles. The van der Waals surface area contributed by atoms with Crippen LogP contribution in [0.5, 0.6) is 0 Å². The third-order valence-electron chi connectivity index (χ3n) is 1.58. The number of nitrogens with zero attached hydrogens (tertiary/aromatic N) is 2. The molecule has 72 valence electrons. The van der Waals surface area contributed by atoms with Crippen LogP contribution in [-0.2, 0) is 17.8 Å². The van der Waals surface area contributed by atoms with Crippen LogP contribution in [0.1, 0.15) is 32.0 Å². The smallest absolute Gasteiger partial charge is 0.246 e. The van der Waals surface area contributed by atoms with Crippen molar-refractivity contribution in [3.05, 3.63) is 11.7 Å². The molecule has 13 heavy (non-hydrogen) atoms. The van der Waals surface area contributed by atoms with Crippen LogP contribution in [0.3, 0.4) is 0 Å². The predicted octanol–water partition coefficient (Wildman–Crippen LogP) is 0.658. The number of carbonyl (C=O) groups excluding carboxylic acids is 1. The van der Waals surface area contributed by atoms with Gasteiger partial charge in [0.05, 0.1) is 6.54 Å². The van der Waals surface area contributed by atoms with Crippen LogP contribution in [0.2, 0.25) is 0 Å². The highest BCUT2D eigenvalue weighted by atomic mass is 16.5. The summed E-state index contributed by atoms with van der Waals surface area (Å²) in [5.41, 5.74) is 0. The fourth-order valence-corrected chi connectivity index (χ4v) is 0.805. The summed E-state index contributed by atoms with van der Waals surface area (Å²) in [6.07, 6.45) is 1.21. The number of hydrogen-bond acceptors (Lipinski definition) is 4. The Labute approximate surface area is 76.5 Å². The highest BCUT2D eigenvalue weighted by molar-refractivity contribution is 5.75. The van der Waals surface area contributed by atoms with E-state index in [4.69, 9.17) is 4.52 Å². The van der Waals surface area contributed by atoms with Gasteiger partial charge in [-0.2, -0.15) is 4.98 Å². The Kier molecular flexibility index (Phi) is 3.42. The molecule has 0 aromatic carbocycles. The largest absolute Gasteiger partial charge is 0.347 e. The lowest BCUT2D eigenvalue weighted by Crippen LogP contribution is -2.21. The zero-order valence-electron chi connectivity index (χ0n) is 7.83. The average Bonchev–Trinajstić information content (AvgIpc) is 2.61. The van der Waals surface area contributed by atoms with Crippen LogP contribution in [0.15, 0.2) is 4.52 Å². The van der Waals surface area contributed by atoms with Crippen LogP contribution in [0.4, 0.5) is 0 Å². The number of amides is 1. The second-order valence-corrected chi connectivity index (χ2v) is 2.59. The number of nitrogens with one attached hydrogen (secondary N) is 1. The Hall–Kier alpha value is -1.39. The molecule has 0 aliphatic heterocycles. The van der Waals surface area contributed by atoms with Gasteiger partial charge in [-0.1, -0.05) is 19.0 Å². The average molecular weight is 183 g/mol. The van der Waals surface area contributed by atoms with E-state index in [-0.39, 0.29) is 5.91 Å². The Balaban J connectivity index is 2.41. The molecule has 0 saturated heterocycles. The molecular formula is C8H13N3O2. The SMILES string of the molecule is CCC(=O)NCc1nc(CC)no1. The molecule has 0 unspecified atom stereocenters. The zero-order valence-corrected chi connectivity index (χ0v) is 7.83. The summed E-state index contributed by atoms with van der Waals surface area (Å²) in [6, 6.07) is 0. The molecular weight excluding hydrogens is 170 g/mol. The monoisotopic (exact) mass is 183 g/mol. The quantitative estimate of drug-likeness (QED) is 0.744. The van der Waals surface area contributed by atoms with E-state index in [0.717, 1.165) is 6.42 Å². The Morgan fingerprint density at radius 2 is 2.31 bits per heavy atom. The fourth-order valence-electron chi connectivity index (χ4n) is 0.805. The van der Waals surface area contributed by atoms with Crippen molar-refractivity contribution in [1.82, 2.24) is 15.5 Å². The van der Waals surface area contributed by atoms with Crippen molar-refractivity contribution >= 4 is 5.91 Å². The lowest BCUT2D eigenvalue weighted by Gasteiger charge is -1.96. The number of aromatic nitrogens is 2. The number of rotatable bonds is 4. The summed E-state index contributed by atoms with van der Waals surface area (Å²) < 4.78 is 4.87. The molecule has 5 heteroatoms. The van der Waals surface area contributed by atoms with Crippen molar-refractivity contribution < 1.29 is 9.32 Å². The predicted molar refractivity (Wildman–Crippen MR) is 45.8 cm³/mol. The second kappa shape index (κ2) is 4.59. The minimum absolute atomic E-state index is 0.0174. The van der Waals surface area contributed by atoms with Gasteiger partial charge in [0.15, 0.2) is 5.82 Å². The van der Waals surface area contributed by atoms with E-state index < -0.39 is 0 Å². The molecule has 1 N–H and O–H groups in total. The summed E-state index contributed by atoms with van der Waals surface area (Å²) in [5, 5.41) is 6.35. The van der Waals surface area contributed by atoms with Crippen LogP contribution in [-0.4, -0.2) is 16.0 Å². The number of carbonyl (C=O) groups is 1. The van der Waals surface area contributed by atoms with Gasteiger partial charge in [-0.15, -0.1) is 0 Å². The van der Waals surface area contributed by atoms with Crippen LogP contribution < -0.4 is 5.32 Å². The third-order valence-corrected chi connectivity index (χ3v) is 1.58. The first-order valence-corrected chi connectivity index (χ1v) is 4.34. The van der Waals surface area contributed by atoms with Gasteiger partial charge in [0, 0.05) is 12.8 Å². The maximum Gasteiger partial charge on any atom is 0.246 e. The van der Waals surface area contributed by atoms with Gasteiger partial charge in [-0.3, -0.25) is 4.79 Å². The van der Waals surface area contributed by atoms with E-state index in [1.807, 2.05) is 6.92 Å². The standard InChI is InChI=1S/C8H13N3O2/c1-3-6-10-8(13-11-6)5-9-7(12)4-2/h3-5H2,1-2H3,(H,9,12). The summed E-state index contributed by atoms with van der Waals surface area (Å²) in [4.78, 5) is 14.9. The molecule has 5 nitrogen and oxygen atoms in total. The number of hydrogen-bond donors (Lipinski definition) is 1. The summed E-state index contributed by atoms with van der Waals surface area (Å²) in [7, 11) is 0. The van der Waals surface area contributed by atoms with Crippen LogP contribution in [0, 0.1) is 0 Å². The molecule has 1 aromatic rings. The minimum atomic E-state index is -0.0174. The van der Waals surface area contributed by atoms with Gasteiger partial charge < -0.3 is 9.84 Å². The lowest BCUT2D eigenvalue weighted by molar-refractivity contribution is -0.121. The Bertz CT molecular complexity index is 283. The Morgan fingerprint density at radius 1 is 1.54 bits per heavy atom. The molecule has 0 atom stereocenters. The van der Waals surface area contributed by atoms with E-state index in [1.165, 1.54) is 0 Å². The van der Waals surface area contributed by atoms with Crippen molar-refractivity contribution in [2.24, 2.45) is 0 Å². The molecule has 0 radical (unpaired) electrons. The highest BCUT2D eigenvalue weighted by Gasteiger charge is 2.04. The molecule has 1 amide bonds. The van der Waals surface area contributed by atoms with Crippen LogP contribution in [0.25, 0.3) is 0 Å². The first kappa shape index (κ1) is 9.70. The molecule has 0 spiro atoms. The van der Waals surface area contributed by atoms with Gasteiger partial charge in [0.25, 0.3) is 0 Å². The van der Waals surface area contributed by atoms with Crippen molar-refractivity contribution in [3.8, 4) is 0 Å². The van der Waals surface area contributed by atoms with E-state index in [9.17, 15) is 4.79 Å². The van der Waals surface area contributed by atoms with Gasteiger partial charge in [0.2, 0.25) is 11.8 Å². The Morgan fingerprint density at radius 3 is 2.85 bits per heavy atom. The molecule has 0 aliphatic rings. The molecule has 0 bridgehead atoms. The molecule has 1 heterocycles. The first-order chi connectivity index (χ1) is 6.26. The van der Waals surface area contributed by atoms with Gasteiger partial charge in [-0.05, 0) is 0 Å². The van der Waals surface area contributed by atoms with Gasteiger partial charge in [-0.25, -0.2) is 0 Å². The molecule has 0 fully saturated rings. The fraction of sp³-hybridized carbons (Fsp3) is 0.625. The van der Waals surface area contributed by atoms with Crippen molar-refractivity contribution in [2.45, 2.75) is 33.2 Å².